The molecule has 1 fully saturated rings. The van der Waals surface area contributed by atoms with Crippen molar-refractivity contribution in [2.24, 2.45) is 10.9 Å². The predicted molar refractivity (Wildman–Crippen MR) is 134 cm³/mol. The average Bonchev–Trinajstić information content (AvgIpc) is 3.67. The van der Waals surface area contributed by atoms with Gasteiger partial charge in [0.25, 0.3) is 5.91 Å². The van der Waals surface area contributed by atoms with E-state index in [1.54, 1.807) is 23.1 Å². The van der Waals surface area contributed by atoms with Crippen molar-refractivity contribution in [2.45, 2.75) is 50.8 Å². The zero-order valence-corrected chi connectivity index (χ0v) is 20.8. The van der Waals surface area contributed by atoms with Gasteiger partial charge in [0.1, 0.15) is 6.04 Å². The van der Waals surface area contributed by atoms with E-state index >= 15 is 0 Å². The molecule has 7 nitrogen and oxygen atoms in total. The molecule has 2 aromatic rings. The molecule has 0 radical (unpaired) electrons. The van der Waals surface area contributed by atoms with Crippen LogP contribution in [0.5, 0.6) is 0 Å². The largest absolute Gasteiger partial charge is 0.309 e. The Morgan fingerprint density at radius 1 is 1.21 bits per heavy atom. The fourth-order valence-electron chi connectivity index (χ4n) is 4.01. The quantitative estimate of drug-likeness (QED) is 0.592. The molecular formula is C25H28ClN3O4S. The molecule has 0 aromatic heterocycles. The summed E-state index contributed by atoms with van der Waals surface area (Å²) < 4.78 is 26.4. The number of rotatable bonds is 8. The van der Waals surface area contributed by atoms with Gasteiger partial charge in [-0.25, -0.2) is 8.42 Å². The van der Waals surface area contributed by atoms with E-state index in [0.717, 1.165) is 12.0 Å². The van der Waals surface area contributed by atoms with E-state index in [2.05, 4.69) is 4.72 Å². The van der Waals surface area contributed by atoms with Crippen LogP contribution in [0.2, 0.25) is 5.02 Å². The van der Waals surface area contributed by atoms with Crippen LogP contribution in [0.3, 0.4) is 0 Å². The molecule has 180 valence electrons. The smallest absolute Gasteiger partial charge is 0.252 e. The monoisotopic (exact) mass is 501 g/mol. The van der Waals surface area contributed by atoms with Gasteiger partial charge in [-0.1, -0.05) is 62.2 Å². The third-order valence-corrected chi connectivity index (χ3v) is 8.40. The SMILES string of the molecule is CC[C@H](C)[C@@H]1N=C(c2ccccc2)c2cc(Cl)ccc2N(CCC(=O)NS(=O)(=O)C2CC2)C1=O. The molecule has 2 aromatic carbocycles. The number of sulfonamides is 1. The Balaban J connectivity index is 1.71. The van der Waals surface area contributed by atoms with E-state index in [1.807, 2.05) is 44.2 Å². The number of hydrogen-bond acceptors (Lipinski definition) is 5. The minimum atomic E-state index is -3.64. The van der Waals surface area contributed by atoms with E-state index in [0.29, 0.717) is 34.8 Å². The van der Waals surface area contributed by atoms with Gasteiger partial charge >= 0.3 is 0 Å². The lowest BCUT2D eigenvalue weighted by Crippen LogP contribution is -2.43. The standard InChI is InChI=1S/C25H28ClN3O4S/c1-3-16(2)23-25(31)29(14-13-22(30)28-34(32,33)19-10-11-19)21-12-9-18(26)15-20(21)24(27-23)17-7-5-4-6-8-17/h4-9,12,15-16,19,23H,3,10-11,13-14H2,1-2H3,(H,28,30)/t16-,23-/m0/s1. The van der Waals surface area contributed by atoms with Crippen molar-refractivity contribution in [1.29, 1.82) is 0 Å². The van der Waals surface area contributed by atoms with Crippen LogP contribution in [-0.2, 0) is 19.6 Å². The number of nitrogens with one attached hydrogen (secondary N) is 1. The highest BCUT2D eigenvalue weighted by atomic mass is 35.5. The number of nitrogens with zero attached hydrogens (tertiary/aromatic N) is 2. The molecule has 1 aliphatic carbocycles. The lowest BCUT2D eigenvalue weighted by molar-refractivity contribution is -0.121. The molecule has 0 bridgehead atoms. The van der Waals surface area contributed by atoms with E-state index < -0.39 is 27.2 Å². The Morgan fingerprint density at radius 2 is 1.91 bits per heavy atom. The van der Waals surface area contributed by atoms with Crippen LogP contribution in [0.1, 0.15) is 50.7 Å². The number of carbonyl (C=O) groups is 2. The van der Waals surface area contributed by atoms with Crippen molar-refractivity contribution in [3.05, 3.63) is 64.7 Å². The number of aliphatic imine (C=N–C) groups is 1. The molecule has 2 amide bonds. The van der Waals surface area contributed by atoms with E-state index in [9.17, 15) is 18.0 Å². The third-order valence-electron chi connectivity index (χ3n) is 6.30. The Labute approximate surface area is 205 Å². The van der Waals surface area contributed by atoms with E-state index in [1.165, 1.54) is 0 Å². The van der Waals surface area contributed by atoms with Crippen LogP contribution in [0.25, 0.3) is 0 Å². The molecule has 0 saturated heterocycles. The van der Waals surface area contributed by atoms with Gasteiger partial charge in [0.05, 0.1) is 16.6 Å². The van der Waals surface area contributed by atoms with Gasteiger partial charge in [0.15, 0.2) is 0 Å². The summed E-state index contributed by atoms with van der Waals surface area (Å²) in [5.41, 5.74) is 2.83. The molecule has 1 N–H and O–H groups in total. The number of benzene rings is 2. The number of halogens is 1. The van der Waals surface area contributed by atoms with Gasteiger partial charge in [-0.05, 0) is 37.0 Å². The molecule has 2 aliphatic rings. The zero-order chi connectivity index (χ0) is 24.5. The fraction of sp³-hybridized carbons (Fsp3) is 0.400. The second kappa shape index (κ2) is 9.88. The summed E-state index contributed by atoms with van der Waals surface area (Å²) in [6.45, 7) is 4.01. The summed E-state index contributed by atoms with van der Waals surface area (Å²) in [6, 6.07) is 14.2. The highest BCUT2D eigenvalue weighted by molar-refractivity contribution is 7.90. The van der Waals surface area contributed by atoms with Crippen LogP contribution in [0.4, 0.5) is 5.69 Å². The zero-order valence-electron chi connectivity index (χ0n) is 19.2. The van der Waals surface area contributed by atoms with Gasteiger partial charge in [0.2, 0.25) is 15.9 Å². The van der Waals surface area contributed by atoms with Crippen LogP contribution < -0.4 is 9.62 Å². The number of anilines is 1. The van der Waals surface area contributed by atoms with Crippen molar-refractivity contribution in [3.63, 3.8) is 0 Å². The van der Waals surface area contributed by atoms with Gasteiger partial charge < -0.3 is 4.90 Å². The van der Waals surface area contributed by atoms with Crippen molar-refractivity contribution in [1.82, 2.24) is 4.72 Å². The molecule has 1 aliphatic heterocycles. The summed E-state index contributed by atoms with van der Waals surface area (Å²) >= 11 is 6.34. The maximum atomic E-state index is 13.7. The van der Waals surface area contributed by atoms with Gasteiger partial charge in [-0.2, -0.15) is 0 Å². The average molecular weight is 502 g/mol. The molecule has 34 heavy (non-hydrogen) atoms. The van der Waals surface area contributed by atoms with E-state index in [-0.39, 0.29) is 24.8 Å². The Hall–Kier alpha value is -2.71. The van der Waals surface area contributed by atoms with Gasteiger partial charge in [0, 0.05) is 29.1 Å². The van der Waals surface area contributed by atoms with Gasteiger partial charge in [-0.3, -0.25) is 19.3 Å². The molecule has 2 atom stereocenters. The summed E-state index contributed by atoms with van der Waals surface area (Å²) in [5, 5.41) is 0.0146. The number of fused-ring (bicyclic) bond motifs is 1. The minimum Gasteiger partial charge on any atom is -0.309 e. The molecule has 1 saturated carbocycles. The molecular weight excluding hydrogens is 474 g/mol. The predicted octanol–water partition coefficient (Wildman–Crippen LogP) is 3.94. The summed E-state index contributed by atoms with van der Waals surface area (Å²) in [7, 11) is -3.64. The Morgan fingerprint density at radius 3 is 2.56 bits per heavy atom. The molecule has 4 rings (SSSR count). The number of amides is 2. The van der Waals surface area contributed by atoms with E-state index in [4.69, 9.17) is 16.6 Å². The topological polar surface area (TPSA) is 95.9 Å². The molecule has 0 spiro atoms. The molecule has 1 heterocycles. The lowest BCUT2D eigenvalue weighted by atomic mass is 9.98. The molecule has 9 heteroatoms. The minimum absolute atomic E-state index is 0.0318. The first-order chi connectivity index (χ1) is 16.2. The first kappa shape index (κ1) is 24.4. The van der Waals surface area contributed by atoms with Crippen LogP contribution in [0, 0.1) is 5.92 Å². The summed E-state index contributed by atoms with van der Waals surface area (Å²) in [6.07, 6.45) is 1.73. The number of benzodiazepines with no additional fused rings is 1. The highest BCUT2D eigenvalue weighted by Crippen LogP contribution is 2.33. The summed E-state index contributed by atoms with van der Waals surface area (Å²) in [5.74, 6) is -0.881. The van der Waals surface area contributed by atoms with Crippen molar-refractivity contribution >= 4 is 44.8 Å². The van der Waals surface area contributed by atoms with Crippen molar-refractivity contribution in [3.8, 4) is 0 Å². The number of carbonyl (C=O) groups excluding carboxylic acids is 2. The van der Waals surface area contributed by atoms with Crippen molar-refractivity contribution < 1.29 is 18.0 Å². The van der Waals surface area contributed by atoms with Crippen LogP contribution >= 0.6 is 11.6 Å². The van der Waals surface area contributed by atoms with Gasteiger partial charge in [-0.15, -0.1) is 0 Å². The maximum absolute atomic E-state index is 13.7. The Kier molecular flexibility index (Phi) is 7.09. The first-order valence-electron chi connectivity index (χ1n) is 11.5. The van der Waals surface area contributed by atoms with Crippen LogP contribution in [0.15, 0.2) is 53.5 Å². The second-order valence-corrected chi connectivity index (χ2v) is 11.2. The molecule has 0 unspecified atom stereocenters. The second-order valence-electron chi connectivity index (χ2n) is 8.85. The van der Waals surface area contributed by atoms with Crippen molar-refractivity contribution in [2.75, 3.05) is 11.4 Å². The Bertz CT molecular complexity index is 1230. The van der Waals surface area contributed by atoms with Crippen LogP contribution in [-0.4, -0.2) is 43.8 Å². The third kappa shape index (κ3) is 5.18. The fourth-order valence-corrected chi connectivity index (χ4v) is 5.53. The normalized spacial score (nSPS) is 19.1. The lowest BCUT2D eigenvalue weighted by Gasteiger charge is -2.27. The maximum Gasteiger partial charge on any atom is 0.252 e. The first-order valence-corrected chi connectivity index (χ1v) is 13.4. The highest BCUT2D eigenvalue weighted by Gasteiger charge is 2.38. The summed E-state index contributed by atoms with van der Waals surface area (Å²) in [4.78, 5) is 32.7. The number of hydrogen-bond donors (Lipinski definition) is 1.